The lowest BCUT2D eigenvalue weighted by molar-refractivity contribution is -0.179. The molecule has 4 aromatic carbocycles. The molecule has 4 aliphatic heterocycles. The Balaban J connectivity index is 1.48. The van der Waals surface area contributed by atoms with Gasteiger partial charge in [-0.2, -0.15) is 0 Å². The third kappa shape index (κ3) is 9.12. The molecule has 1 spiro atoms. The molecule has 6 amide bonds. The van der Waals surface area contributed by atoms with Gasteiger partial charge in [0.05, 0.1) is 44.0 Å². The van der Waals surface area contributed by atoms with Crippen LogP contribution in [-0.4, -0.2) is 103 Å². The van der Waals surface area contributed by atoms with Gasteiger partial charge in [-0.1, -0.05) is 124 Å². The molecule has 4 aromatic rings. The first kappa shape index (κ1) is 48.2. The number of carbonyl (C=O) groups excluding carboxylic acids is 6. The maximum Gasteiger partial charge on any atom is 0.329 e. The van der Waals surface area contributed by atoms with E-state index in [0.717, 1.165) is 29.7 Å². The van der Waals surface area contributed by atoms with Crippen molar-refractivity contribution in [2.24, 2.45) is 17.6 Å². The molecule has 0 saturated carbocycles. The average Bonchev–Trinajstić information content (AvgIpc) is 3.80. The van der Waals surface area contributed by atoms with Crippen LogP contribution in [0.2, 0.25) is 0 Å². The van der Waals surface area contributed by atoms with Crippen LogP contribution in [0, 0.1) is 23.7 Å². The zero-order valence-corrected chi connectivity index (χ0v) is 39.0. The Morgan fingerprint density at radius 2 is 1.52 bits per heavy atom. The highest BCUT2D eigenvalue weighted by atomic mass is 16.6. The van der Waals surface area contributed by atoms with Gasteiger partial charge < -0.3 is 40.6 Å². The van der Waals surface area contributed by atoms with Crippen molar-refractivity contribution in [1.82, 2.24) is 20.4 Å². The molecule has 16 nitrogen and oxygen atoms in total. The predicted octanol–water partition coefficient (Wildman–Crippen LogP) is 5.44. The molecule has 0 bridgehead atoms. The highest BCUT2D eigenvalue weighted by Crippen LogP contribution is 2.67. The van der Waals surface area contributed by atoms with Crippen molar-refractivity contribution in [1.29, 1.82) is 0 Å². The number of nitrogens with zero attached hydrogens (tertiary/aromatic N) is 3. The maximum atomic E-state index is 16.8. The molecule has 360 valence electrons. The second-order valence-electron chi connectivity index (χ2n) is 18.1. The number of carbonyl (C=O) groups is 6. The Labute approximate surface area is 401 Å². The minimum Gasteiger partial charge on any atom is -0.491 e. The fourth-order valence-corrected chi connectivity index (χ4v) is 10.7. The first-order chi connectivity index (χ1) is 33.4. The van der Waals surface area contributed by atoms with E-state index in [1.807, 2.05) is 65.6 Å². The van der Waals surface area contributed by atoms with Gasteiger partial charge >= 0.3 is 24.0 Å². The van der Waals surface area contributed by atoms with Crippen molar-refractivity contribution >= 4 is 41.5 Å². The number of methoxy groups -OCH3 is 1. The number of anilines is 1. The number of imide groups is 1. The first-order valence-electron chi connectivity index (χ1n) is 23.5. The molecule has 4 aliphatic rings. The number of aliphatic hydroxyl groups is 1. The van der Waals surface area contributed by atoms with Gasteiger partial charge in [0.2, 0.25) is 11.8 Å². The number of hydrogen-bond acceptors (Lipinski definition) is 11. The molecule has 0 aromatic heterocycles. The van der Waals surface area contributed by atoms with Crippen LogP contribution in [0.3, 0.4) is 0 Å². The molecular weight excluding hydrogens is 881 g/mol. The highest BCUT2D eigenvalue weighted by molar-refractivity contribution is 6.25. The zero-order chi connectivity index (χ0) is 48.8. The molecule has 69 heavy (non-hydrogen) atoms. The lowest BCUT2D eigenvalue weighted by Gasteiger charge is -2.46. The summed E-state index contributed by atoms with van der Waals surface area (Å²) in [4.78, 5) is 93.2. The SMILES string of the molecule is COC(=O)[C@@H](NC(=O)N1C(=O)[C@@]2(c3cc(C#CCNC(N)=O)ccc31)[C@H](c1ccccc1OCCO)N1[C@H](c3ccccc3)[C@H](c3ccccc3)OC(=O)[C@H]1[C@@H]2C(=O)N1CCCCCCC1)C(C)C. The number of benzene rings is 4. The van der Waals surface area contributed by atoms with Gasteiger partial charge in [0.25, 0.3) is 0 Å². The van der Waals surface area contributed by atoms with Gasteiger partial charge in [0.1, 0.15) is 36.0 Å². The summed E-state index contributed by atoms with van der Waals surface area (Å²) < 4.78 is 18.0. The summed E-state index contributed by atoms with van der Waals surface area (Å²) in [5.74, 6) is 1.44. The number of ether oxygens (including phenoxy) is 3. The van der Waals surface area contributed by atoms with Crippen LogP contribution in [0.4, 0.5) is 15.3 Å². The largest absolute Gasteiger partial charge is 0.491 e. The lowest BCUT2D eigenvalue weighted by Crippen LogP contribution is -2.58. The molecule has 3 fully saturated rings. The Bertz CT molecular complexity index is 2630. The smallest absolute Gasteiger partial charge is 0.329 e. The predicted molar refractivity (Wildman–Crippen MR) is 254 cm³/mol. The molecule has 7 atom stereocenters. The quantitative estimate of drug-likeness (QED) is 0.110. The number of nitrogens with two attached hydrogens (primary N) is 1. The summed E-state index contributed by atoms with van der Waals surface area (Å²) in [6.45, 7) is 3.60. The lowest BCUT2D eigenvalue weighted by atomic mass is 9.64. The normalized spacial score (nSPS) is 23.6. The van der Waals surface area contributed by atoms with Crippen molar-refractivity contribution < 1.29 is 48.1 Å². The van der Waals surface area contributed by atoms with Gasteiger partial charge in [0.15, 0.2) is 0 Å². The summed E-state index contributed by atoms with van der Waals surface area (Å²) in [5, 5.41) is 15.3. The number of amides is 6. The Hall–Kier alpha value is -7.22. The van der Waals surface area contributed by atoms with Crippen LogP contribution in [-0.2, 0) is 34.1 Å². The minimum absolute atomic E-state index is 0.0963. The molecule has 4 heterocycles. The number of primary amides is 1. The van der Waals surface area contributed by atoms with Crippen molar-refractivity contribution in [3.63, 3.8) is 0 Å². The number of morpholine rings is 1. The van der Waals surface area contributed by atoms with E-state index < -0.39 is 83.3 Å². The topological polar surface area (TPSA) is 210 Å². The van der Waals surface area contributed by atoms with Gasteiger partial charge in [-0.05, 0) is 59.7 Å². The summed E-state index contributed by atoms with van der Waals surface area (Å²) >= 11 is 0. The number of cyclic esters (lactones) is 1. The fourth-order valence-electron chi connectivity index (χ4n) is 10.7. The molecule has 0 radical (unpaired) electrons. The number of rotatable bonds is 11. The Morgan fingerprint density at radius 1 is 0.870 bits per heavy atom. The molecule has 16 heteroatoms. The number of esters is 2. The average molecular weight is 939 g/mol. The number of urea groups is 2. The van der Waals surface area contributed by atoms with E-state index in [0.29, 0.717) is 42.6 Å². The number of para-hydroxylation sites is 1. The molecule has 0 aliphatic carbocycles. The van der Waals surface area contributed by atoms with E-state index in [1.165, 1.54) is 7.11 Å². The Kier molecular flexibility index (Phi) is 14.7. The van der Waals surface area contributed by atoms with Crippen LogP contribution in [0.1, 0.15) is 92.0 Å². The van der Waals surface area contributed by atoms with Crippen molar-refractivity contribution in [3.05, 3.63) is 131 Å². The second-order valence-corrected chi connectivity index (χ2v) is 18.1. The highest BCUT2D eigenvalue weighted by Gasteiger charge is 2.76. The van der Waals surface area contributed by atoms with E-state index in [4.69, 9.17) is 19.9 Å². The maximum absolute atomic E-state index is 16.8. The third-order valence-corrected chi connectivity index (χ3v) is 13.6. The molecule has 8 rings (SSSR count). The van der Waals surface area contributed by atoms with Crippen molar-refractivity contribution in [2.75, 3.05) is 44.9 Å². The number of fused-ring (bicyclic) bond motifs is 3. The van der Waals surface area contributed by atoms with E-state index in [1.54, 1.807) is 61.2 Å². The van der Waals surface area contributed by atoms with Gasteiger partial charge in [-0.25, -0.2) is 19.3 Å². The molecule has 0 unspecified atom stereocenters. The number of aliphatic hydroxyl groups excluding tert-OH is 1. The molecular formula is C53H58N6O10. The van der Waals surface area contributed by atoms with Gasteiger partial charge in [-0.15, -0.1) is 0 Å². The standard InChI is InChI=1S/C53H58N6O10/c1-33(2)42(48(62)67-3)56-52(66)58-39-26-25-34(18-17-27-55-51(54)65)32-38(39)53(50(58)64)41(47(61)57-28-15-5-4-6-16-29-57)44-49(63)69-45(36-21-11-8-12-22-36)43(35-19-9-7-10-20-35)59(44)46(53)37-23-13-14-24-40(37)68-31-30-60/h7-14,19-26,32-33,41-46,60H,4-6,15-16,27-31H2,1-3H3,(H,56,66)(H3,54,55,65)/t41-,42+,43-,44-,45+,46+,53-/m1/s1. The number of hydrogen-bond donors (Lipinski definition) is 4. The van der Waals surface area contributed by atoms with Crippen LogP contribution < -0.4 is 26.0 Å². The van der Waals surface area contributed by atoms with E-state index in [-0.39, 0.29) is 36.8 Å². The van der Waals surface area contributed by atoms with Crippen LogP contribution in [0.25, 0.3) is 0 Å². The summed E-state index contributed by atoms with van der Waals surface area (Å²) in [6.07, 6.45) is 3.18. The summed E-state index contributed by atoms with van der Waals surface area (Å²) in [7, 11) is 1.21. The molecule has 5 N–H and O–H groups in total. The fraction of sp³-hybridized carbons (Fsp3) is 0.396. The second kappa shape index (κ2) is 21.0. The van der Waals surface area contributed by atoms with Crippen molar-refractivity contribution in [3.8, 4) is 17.6 Å². The van der Waals surface area contributed by atoms with Crippen LogP contribution in [0.5, 0.6) is 5.75 Å². The third-order valence-electron chi connectivity index (χ3n) is 13.6. The number of likely N-dealkylation sites (tertiary alicyclic amines) is 1. The van der Waals surface area contributed by atoms with E-state index in [2.05, 4.69) is 22.5 Å². The van der Waals surface area contributed by atoms with Gasteiger partial charge in [0, 0.05) is 24.2 Å². The monoisotopic (exact) mass is 938 g/mol. The summed E-state index contributed by atoms with van der Waals surface area (Å²) in [6, 6.07) is 24.1. The number of nitrogens with one attached hydrogen (secondary N) is 2. The molecule has 3 saturated heterocycles. The van der Waals surface area contributed by atoms with Gasteiger partial charge in [-0.3, -0.25) is 19.3 Å². The van der Waals surface area contributed by atoms with Crippen LogP contribution >= 0.6 is 0 Å². The van der Waals surface area contributed by atoms with Crippen molar-refractivity contribution in [2.45, 2.75) is 81.6 Å². The van der Waals surface area contributed by atoms with Crippen LogP contribution in [0.15, 0.2) is 103 Å². The zero-order valence-electron chi connectivity index (χ0n) is 39.0. The summed E-state index contributed by atoms with van der Waals surface area (Å²) in [5.41, 5.74) is 5.67. The first-order valence-corrected chi connectivity index (χ1v) is 23.5. The van der Waals surface area contributed by atoms with E-state index >= 15 is 19.2 Å². The minimum atomic E-state index is -2.13. The Morgan fingerprint density at radius 3 is 2.17 bits per heavy atom. The van der Waals surface area contributed by atoms with E-state index in [9.17, 15) is 14.7 Å².